The highest BCUT2D eigenvalue weighted by Crippen LogP contribution is 2.19. The van der Waals surface area contributed by atoms with Crippen LogP contribution < -0.4 is 0 Å². The number of tetrazole rings is 1. The Bertz CT molecular complexity index is 496. The predicted molar refractivity (Wildman–Crippen MR) is 76.1 cm³/mol. The van der Waals surface area contributed by atoms with Gasteiger partial charge in [0.15, 0.2) is 0 Å². The number of hydrogen-bond donors (Lipinski definition) is 0. The van der Waals surface area contributed by atoms with E-state index in [1.165, 1.54) is 0 Å². The van der Waals surface area contributed by atoms with Crippen LogP contribution in [0.2, 0.25) is 0 Å². The summed E-state index contributed by atoms with van der Waals surface area (Å²) < 4.78 is 2.80. The largest absolute Gasteiger partial charge is 0.309 e. The van der Waals surface area contributed by atoms with Gasteiger partial charge in [-0.15, -0.1) is 5.10 Å². The third kappa shape index (κ3) is 3.54. The molecular weight excluding hydrogens is 314 g/mol. The highest BCUT2D eigenvalue weighted by atomic mass is 79.9. The smallest absolute Gasteiger partial charge is 0.214 e. The quantitative estimate of drug-likeness (QED) is 0.787. The first-order chi connectivity index (χ1) is 8.66. The molecule has 0 unspecified atom stereocenters. The molecule has 0 saturated heterocycles. The first kappa shape index (κ1) is 13.5. The van der Waals surface area contributed by atoms with E-state index in [1.54, 1.807) is 16.4 Å². The molecule has 0 aliphatic rings. The summed E-state index contributed by atoms with van der Waals surface area (Å²) in [6.45, 7) is 0.998. The van der Waals surface area contributed by atoms with Crippen molar-refractivity contribution in [2.24, 2.45) is 0 Å². The van der Waals surface area contributed by atoms with E-state index in [-0.39, 0.29) is 0 Å². The summed E-state index contributed by atoms with van der Waals surface area (Å²) in [5.41, 5.74) is 0.968. The molecule has 0 bridgehead atoms. The molecule has 0 spiro atoms. The van der Waals surface area contributed by atoms with Gasteiger partial charge in [-0.3, -0.25) is 0 Å². The van der Waals surface area contributed by atoms with Crippen LogP contribution in [-0.2, 0) is 0 Å². The first-order valence-electron chi connectivity index (χ1n) is 5.48. The van der Waals surface area contributed by atoms with Crippen LogP contribution in [0.25, 0.3) is 5.69 Å². The van der Waals surface area contributed by atoms with E-state index < -0.39 is 0 Å². The van der Waals surface area contributed by atoms with Crippen LogP contribution in [0.1, 0.15) is 0 Å². The van der Waals surface area contributed by atoms with Gasteiger partial charge < -0.3 is 4.90 Å². The Kier molecular flexibility index (Phi) is 4.73. The van der Waals surface area contributed by atoms with Crippen molar-refractivity contribution in [3.05, 3.63) is 28.7 Å². The van der Waals surface area contributed by atoms with Crippen LogP contribution in [0.4, 0.5) is 0 Å². The van der Waals surface area contributed by atoms with E-state index in [9.17, 15) is 0 Å². The summed E-state index contributed by atoms with van der Waals surface area (Å²) in [6, 6.07) is 7.92. The number of hydrogen-bond acceptors (Lipinski definition) is 5. The summed E-state index contributed by atoms with van der Waals surface area (Å²) in [5.74, 6) is 0.962. The Morgan fingerprint density at radius 2 is 2.00 bits per heavy atom. The molecule has 2 rings (SSSR count). The van der Waals surface area contributed by atoms with Gasteiger partial charge in [0.1, 0.15) is 0 Å². The molecule has 0 aliphatic heterocycles. The highest BCUT2D eigenvalue weighted by Gasteiger charge is 2.08. The van der Waals surface area contributed by atoms with E-state index in [0.717, 1.165) is 27.6 Å². The lowest BCUT2D eigenvalue weighted by Crippen LogP contribution is -2.15. The van der Waals surface area contributed by atoms with Gasteiger partial charge in [0, 0.05) is 16.8 Å². The van der Waals surface area contributed by atoms with Crippen LogP contribution in [0.3, 0.4) is 0 Å². The predicted octanol–water partition coefficient (Wildman–Crippen LogP) is 2.08. The summed E-state index contributed by atoms with van der Waals surface area (Å²) in [6.07, 6.45) is 0. The Morgan fingerprint density at radius 1 is 1.28 bits per heavy atom. The first-order valence-corrected chi connectivity index (χ1v) is 7.26. The fourth-order valence-electron chi connectivity index (χ4n) is 1.33. The molecule has 1 aromatic heterocycles. The summed E-state index contributed by atoms with van der Waals surface area (Å²) in [7, 11) is 4.11. The van der Waals surface area contributed by atoms with E-state index in [2.05, 4.69) is 50.5 Å². The summed E-state index contributed by atoms with van der Waals surface area (Å²) in [5, 5.41) is 12.6. The Morgan fingerprint density at radius 3 is 2.67 bits per heavy atom. The van der Waals surface area contributed by atoms with E-state index >= 15 is 0 Å². The number of aromatic nitrogens is 4. The van der Waals surface area contributed by atoms with Gasteiger partial charge in [-0.2, -0.15) is 4.68 Å². The van der Waals surface area contributed by atoms with Gasteiger partial charge in [-0.1, -0.05) is 27.7 Å². The van der Waals surface area contributed by atoms with Crippen LogP contribution in [-0.4, -0.2) is 51.5 Å². The SMILES string of the molecule is CN(C)CCSc1nnnn1-c1ccc(Br)cc1. The standard InChI is InChI=1S/C11H14BrN5S/c1-16(2)7-8-18-11-13-14-15-17(11)10-5-3-9(12)4-6-10/h3-6H,7-8H2,1-2H3. The average molecular weight is 328 g/mol. The molecule has 0 atom stereocenters. The maximum atomic E-state index is 4.05. The molecule has 0 radical (unpaired) electrons. The van der Waals surface area contributed by atoms with Gasteiger partial charge in [0.25, 0.3) is 0 Å². The zero-order valence-corrected chi connectivity index (χ0v) is 12.6. The fourth-order valence-corrected chi connectivity index (χ4v) is 2.59. The van der Waals surface area contributed by atoms with E-state index in [4.69, 9.17) is 0 Å². The topological polar surface area (TPSA) is 46.8 Å². The van der Waals surface area contributed by atoms with Gasteiger partial charge in [-0.05, 0) is 48.8 Å². The van der Waals surface area contributed by atoms with Crippen molar-refractivity contribution < 1.29 is 0 Å². The van der Waals surface area contributed by atoms with Crippen LogP contribution >= 0.6 is 27.7 Å². The fraction of sp³-hybridized carbons (Fsp3) is 0.364. The zero-order valence-electron chi connectivity index (χ0n) is 10.2. The average Bonchev–Trinajstić information content (AvgIpc) is 2.78. The number of thioether (sulfide) groups is 1. The molecule has 1 aromatic carbocycles. The molecule has 1 heterocycles. The number of rotatable bonds is 5. The minimum atomic E-state index is 0.819. The van der Waals surface area contributed by atoms with Gasteiger partial charge in [0.2, 0.25) is 5.16 Å². The van der Waals surface area contributed by atoms with Crippen LogP contribution in [0.15, 0.2) is 33.9 Å². The van der Waals surface area contributed by atoms with Crippen molar-refractivity contribution in [3.63, 3.8) is 0 Å². The Hall–Kier alpha value is -0.920. The molecule has 0 saturated carbocycles. The van der Waals surface area contributed by atoms with E-state index in [1.807, 2.05) is 24.3 Å². The Labute approximate surface area is 119 Å². The van der Waals surface area contributed by atoms with Gasteiger partial charge in [-0.25, -0.2) is 0 Å². The van der Waals surface area contributed by atoms with E-state index in [0.29, 0.717) is 0 Å². The van der Waals surface area contributed by atoms with Crippen molar-refractivity contribution in [2.75, 3.05) is 26.4 Å². The third-order valence-electron chi connectivity index (χ3n) is 2.28. The molecule has 18 heavy (non-hydrogen) atoms. The van der Waals surface area contributed by atoms with Crippen molar-refractivity contribution in [2.45, 2.75) is 5.16 Å². The minimum Gasteiger partial charge on any atom is -0.309 e. The lowest BCUT2D eigenvalue weighted by atomic mass is 10.3. The van der Waals surface area contributed by atoms with Gasteiger partial charge >= 0.3 is 0 Å². The van der Waals surface area contributed by atoms with Gasteiger partial charge in [0.05, 0.1) is 5.69 Å². The second-order valence-corrected chi connectivity index (χ2v) is 5.98. The lowest BCUT2D eigenvalue weighted by Gasteiger charge is -2.08. The van der Waals surface area contributed by atoms with Crippen molar-refractivity contribution in [1.29, 1.82) is 0 Å². The van der Waals surface area contributed by atoms with Crippen LogP contribution in [0, 0.1) is 0 Å². The number of benzene rings is 1. The zero-order chi connectivity index (χ0) is 13.0. The molecule has 0 aliphatic carbocycles. The second-order valence-electron chi connectivity index (χ2n) is 4.00. The summed E-state index contributed by atoms with van der Waals surface area (Å²) >= 11 is 5.07. The molecule has 0 N–H and O–H groups in total. The van der Waals surface area contributed by atoms with Crippen molar-refractivity contribution in [3.8, 4) is 5.69 Å². The van der Waals surface area contributed by atoms with Crippen molar-refractivity contribution >= 4 is 27.7 Å². The molecule has 2 aromatic rings. The number of nitrogens with zero attached hydrogens (tertiary/aromatic N) is 5. The van der Waals surface area contributed by atoms with Crippen LogP contribution in [0.5, 0.6) is 0 Å². The molecule has 0 fully saturated rings. The summed E-state index contributed by atoms with van der Waals surface area (Å²) in [4.78, 5) is 2.14. The Balaban J connectivity index is 2.10. The molecule has 96 valence electrons. The number of halogens is 1. The van der Waals surface area contributed by atoms with Crippen molar-refractivity contribution in [1.82, 2.24) is 25.1 Å². The molecule has 0 amide bonds. The normalized spacial score (nSPS) is 11.1. The molecule has 7 heteroatoms. The lowest BCUT2D eigenvalue weighted by molar-refractivity contribution is 0.437. The second kappa shape index (κ2) is 6.31. The highest BCUT2D eigenvalue weighted by molar-refractivity contribution is 9.10. The maximum Gasteiger partial charge on any atom is 0.214 e. The third-order valence-corrected chi connectivity index (χ3v) is 3.71. The minimum absolute atomic E-state index is 0.819. The maximum absolute atomic E-state index is 4.05. The molecular formula is C11H14BrN5S. The monoisotopic (exact) mass is 327 g/mol. The molecule has 5 nitrogen and oxygen atoms in total.